The van der Waals surface area contributed by atoms with Gasteiger partial charge in [0.2, 0.25) is 0 Å². The van der Waals surface area contributed by atoms with Crippen LogP contribution in [0.3, 0.4) is 0 Å². The van der Waals surface area contributed by atoms with E-state index in [9.17, 15) is 0 Å². The van der Waals surface area contributed by atoms with Gasteiger partial charge in [-0.1, -0.05) is 0 Å². The van der Waals surface area contributed by atoms with Crippen molar-refractivity contribution in [3.8, 4) is 0 Å². The van der Waals surface area contributed by atoms with Crippen LogP contribution in [0.2, 0.25) is 0 Å². The topological polar surface area (TPSA) is 4.93 Å². The Balaban J connectivity index is 0.00000120. The maximum atomic E-state index is 2.53. The van der Waals surface area contributed by atoms with E-state index in [1.165, 1.54) is 39.9 Å². The molecule has 0 radical (unpaired) electrons. The third-order valence-electron chi connectivity index (χ3n) is 6.03. The van der Waals surface area contributed by atoms with Crippen molar-refractivity contribution in [1.29, 1.82) is 0 Å². The van der Waals surface area contributed by atoms with Gasteiger partial charge in [0.25, 0.3) is 0 Å². The minimum atomic E-state index is -1.05. The van der Waals surface area contributed by atoms with Gasteiger partial charge in [-0.05, 0) is 0 Å². The number of allylic oxidation sites excluding steroid dienone is 5. The first-order valence-electron chi connectivity index (χ1n) is 9.65. The smallest absolute Gasteiger partial charge is 1.00 e. The number of hydrogen-bond donors (Lipinski definition) is 0. The maximum Gasteiger partial charge on any atom is -1.00 e. The van der Waals surface area contributed by atoms with Crippen LogP contribution in [0, 0.1) is 6.92 Å². The molecule has 5 rings (SSSR count). The number of benzene rings is 2. The van der Waals surface area contributed by atoms with Gasteiger partial charge in [0.05, 0.1) is 0 Å². The second-order valence-electron chi connectivity index (χ2n) is 7.65. The van der Waals surface area contributed by atoms with Gasteiger partial charge in [0.15, 0.2) is 0 Å². The molecule has 2 aliphatic carbocycles. The van der Waals surface area contributed by atoms with Gasteiger partial charge in [-0.15, -0.1) is 0 Å². The van der Waals surface area contributed by atoms with Crippen molar-refractivity contribution in [3.63, 3.8) is 0 Å². The molecule has 1 atom stereocenters. The van der Waals surface area contributed by atoms with Crippen molar-refractivity contribution in [2.75, 3.05) is 0 Å². The van der Waals surface area contributed by atoms with Crippen molar-refractivity contribution in [3.05, 3.63) is 92.0 Å². The first kappa shape index (κ1) is 22.3. The Bertz CT molecular complexity index is 1170. The molecule has 0 N–H and O–H groups in total. The molecule has 1 aromatic heterocycles. The molecule has 4 heteroatoms. The monoisotopic (exact) mass is 587 g/mol. The van der Waals surface area contributed by atoms with Crippen LogP contribution in [0.15, 0.2) is 75.1 Å². The van der Waals surface area contributed by atoms with Crippen molar-refractivity contribution >= 4 is 22.7 Å². The molecule has 0 saturated heterocycles. The van der Waals surface area contributed by atoms with Gasteiger partial charge in [-0.25, -0.2) is 0 Å². The van der Waals surface area contributed by atoms with Crippen LogP contribution in [0.5, 0.6) is 0 Å². The summed E-state index contributed by atoms with van der Waals surface area (Å²) >= 11 is -1.05. The number of rotatable bonds is 3. The van der Waals surface area contributed by atoms with E-state index in [1.807, 2.05) is 0 Å². The zero-order valence-corrected chi connectivity index (χ0v) is 21.9. The molecule has 0 aliphatic heterocycles. The van der Waals surface area contributed by atoms with E-state index in [-0.39, 0.29) is 24.8 Å². The molecule has 1 nitrogen and oxygen atoms in total. The van der Waals surface area contributed by atoms with Crippen molar-refractivity contribution in [2.45, 2.75) is 30.9 Å². The molecule has 0 bridgehead atoms. The standard InChI is InChI=1S/C18H14N.C7H9.2ClH.Hf/c1-13-10-16-8-4-5-9-18(16)19(13)17-11-14-6-2-3-7-15(14)12-17;1-6-4-3-5-7(6)2;;;/h2-12H,1H3;4H,3H2,1-2H3;2*1H;/q;;;;+2/p-2. The van der Waals surface area contributed by atoms with Crippen LogP contribution < -0.4 is 24.8 Å². The van der Waals surface area contributed by atoms with Crippen molar-refractivity contribution in [2.24, 2.45) is 0 Å². The number of aromatic nitrogens is 1. The first-order chi connectivity index (χ1) is 13.1. The van der Waals surface area contributed by atoms with Crippen molar-refractivity contribution in [1.82, 2.24) is 4.57 Å². The number of nitrogens with zero attached hydrogens (tertiary/aromatic N) is 1. The van der Waals surface area contributed by atoms with Crippen molar-refractivity contribution < 1.29 is 47.7 Å². The molecule has 3 aromatic rings. The molecule has 1 unspecified atom stereocenters. The minimum Gasteiger partial charge on any atom is -1.00 e. The van der Waals surface area contributed by atoms with E-state index in [2.05, 4.69) is 92.1 Å². The van der Waals surface area contributed by atoms with Crippen LogP contribution in [0.4, 0.5) is 0 Å². The van der Waals surface area contributed by atoms with Crippen LogP contribution in [-0.4, -0.2) is 4.57 Å². The minimum absolute atomic E-state index is 0. The Labute approximate surface area is 196 Å². The van der Waals surface area contributed by atoms with Crippen LogP contribution in [0.1, 0.15) is 40.8 Å². The summed E-state index contributed by atoms with van der Waals surface area (Å²) in [5.74, 6) is 0. The van der Waals surface area contributed by atoms with Gasteiger partial charge < -0.3 is 24.8 Å². The summed E-state index contributed by atoms with van der Waals surface area (Å²) in [5, 5.41) is 1.34. The van der Waals surface area contributed by atoms with Crippen LogP contribution in [0.25, 0.3) is 22.7 Å². The molecular weight excluding hydrogens is 564 g/mol. The second-order valence-corrected chi connectivity index (χ2v) is 12.9. The Hall–Kier alpha value is -1.35. The maximum absolute atomic E-state index is 2.53. The average molecular weight is 587 g/mol. The summed E-state index contributed by atoms with van der Waals surface area (Å²) in [7, 11) is 0. The summed E-state index contributed by atoms with van der Waals surface area (Å²) in [4.78, 5) is 0. The quantitative estimate of drug-likeness (QED) is 0.399. The first-order valence-corrected chi connectivity index (χ1v) is 13.5. The van der Waals surface area contributed by atoms with Gasteiger partial charge >= 0.3 is 173 Å². The fourth-order valence-electron chi connectivity index (χ4n) is 4.43. The third kappa shape index (κ3) is 3.76. The molecule has 0 fully saturated rings. The third-order valence-corrected chi connectivity index (χ3v) is 12.6. The molecule has 2 aliphatic rings. The van der Waals surface area contributed by atoms with Gasteiger partial charge in [-0.2, -0.15) is 0 Å². The molecule has 1 heterocycles. The summed E-state index contributed by atoms with van der Waals surface area (Å²) in [6, 6.07) is 20.2. The molecule has 29 heavy (non-hydrogen) atoms. The molecule has 0 spiro atoms. The number of hydrogen-bond acceptors (Lipinski definition) is 0. The van der Waals surface area contributed by atoms with E-state index >= 15 is 0 Å². The Morgan fingerprint density at radius 2 is 1.66 bits per heavy atom. The fourth-order valence-corrected chi connectivity index (χ4v) is 10.8. The zero-order valence-electron chi connectivity index (χ0n) is 16.8. The number of fused-ring (bicyclic) bond motifs is 2. The zero-order chi connectivity index (χ0) is 18.5. The molecule has 146 valence electrons. The number of halogens is 2. The normalized spacial score (nSPS) is 17.3. The van der Waals surface area contributed by atoms with Crippen LogP contribution >= 0.6 is 0 Å². The Morgan fingerprint density at radius 3 is 2.41 bits per heavy atom. The van der Waals surface area contributed by atoms with E-state index in [1.54, 1.807) is 14.5 Å². The Kier molecular flexibility index (Phi) is 6.77. The largest absolute Gasteiger partial charge is 1.00 e. The molecule has 2 aromatic carbocycles. The van der Waals surface area contributed by atoms with E-state index in [4.69, 9.17) is 0 Å². The van der Waals surface area contributed by atoms with E-state index in [0.29, 0.717) is 3.67 Å². The predicted octanol–water partition coefficient (Wildman–Crippen LogP) is 0.717. The average Bonchev–Trinajstić information content (AvgIpc) is 3.30. The Morgan fingerprint density at radius 1 is 0.931 bits per heavy atom. The molecule has 0 amide bonds. The predicted molar refractivity (Wildman–Crippen MR) is 111 cm³/mol. The second kappa shape index (κ2) is 8.79. The summed E-state index contributed by atoms with van der Waals surface area (Å²) in [6.45, 7) is 6.86. The SMILES string of the molecule is CC1=CC[C]([Hf+2][CH]2C(n3c(C)cc4ccccc43)=Cc3ccccc32)=C1C.[Cl-].[Cl-]. The van der Waals surface area contributed by atoms with Crippen LogP contribution in [-0.2, 0) is 22.9 Å². The molecule has 0 saturated carbocycles. The fraction of sp³-hybridized carbons (Fsp3) is 0.200. The summed E-state index contributed by atoms with van der Waals surface area (Å²) in [6.07, 6.45) is 6.08. The van der Waals surface area contributed by atoms with Gasteiger partial charge in [0, 0.05) is 0 Å². The van der Waals surface area contributed by atoms with Gasteiger partial charge in [0.1, 0.15) is 0 Å². The number of aryl methyl sites for hydroxylation is 1. The molecular formula is C25H23Cl2HfN. The summed E-state index contributed by atoms with van der Waals surface area (Å²) < 4.78 is 4.92. The van der Waals surface area contributed by atoms with Gasteiger partial charge in [-0.3, -0.25) is 0 Å². The van der Waals surface area contributed by atoms with E-state index < -0.39 is 22.9 Å². The van der Waals surface area contributed by atoms with E-state index in [0.717, 1.165) is 0 Å². The number of para-hydroxylation sites is 1. The summed E-state index contributed by atoms with van der Waals surface area (Å²) in [5.41, 5.74) is 10.2.